The predicted molar refractivity (Wildman–Crippen MR) is 96.3 cm³/mol. The molecule has 0 spiro atoms. The first kappa shape index (κ1) is 16.6. The van der Waals surface area contributed by atoms with Gasteiger partial charge in [0, 0.05) is 11.9 Å². The standard InChI is InChI=1S/C20H18FN3O/c1-15-5-2-3-7-19(15)24-12-4-6-18(24)14-22-23-20(25)13-16-8-10-17(21)11-9-16/h2-12,14H,13H2,1H3,(H,23,25)/b22-14+. The maximum atomic E-state index is 12.9. The lowest BCUT2D eigenvalue weighted by Crippen LogP contribution is -2.20. The predicted octanol–water partition coefficient (Wildman–Crippen LogP) is 3.62. The minimum absolute atomic E-state index is 0.149. The topological polar surface area (TPSA) is 46.4 Å². The van der Waals surface area contributed by atoms with Crippen LogP contribution in [0.15, 0.2) is 72.0 Å². The van der Waals surface area contributed by atoms with E-state index in [1.54, 1.807) is 18.3 Å². The first-order valence-electron chi connectivity index (χ1n) is 7.93. The number of amides is 1. The van der Waals surface area contributed by atoms with Gasteiger partial charge < -0.3 is 4.57 Å². The third-order valence-electron chi connectivity index (χ3n) is 3.82. The van der Waals surface area contributed by atoms with Gasteiger partial charge in [-0.1, -0.05) is 30.3 Å². The lowest BCUT2D eigenvalue weighted by Gasteiger charge is -2.09. The zero-order valence-corrected chi connectivity index (χ0v) is 13.8. The maximum absolute atomic E-state index is 12.9. The second kappa shape index (κ2) is 7.57. The van der Waals surface area contributed by atoms with Crippen LogP contribution in [0.2, 0.25) is 0 Å². The molecule has 0 unspecified atom stereocenters. The molecule has 5 heteroatoms. The Balaban J connectivity index is 1.65. The highest BCUT2D eigenvalue weighted by Gasteiger charge is 2.05. The van der Waals surface area contributed by atoms with Gasteiger partial charge in [0.1, 0.15) is 5.82 Å². The highest BCUT2D eigenvalue weighted by molar-refractivity contribution is 5.82. The normalized spacial score (nSPS) is 11.0. The highest BCUT2D eigenvalue weighted by Crippen LogP contribution is 2.15. The van der Waals surface area contributed by atoms with Crippen LogP contribution in [-0.4, -0.2) is 16.7 Å². The molecule has 0 aliphatic rings. The molecule has 1 amide bonds. The Morgan fingerprint density at radius 1 is 1.12 bits per heavy atom. The number of aryl methyl sites for hydroxylation is 1. The monoisotopic (exact) mass is 335 g/mol. The molecule has 126 valence electrons. The SMILES string of the molecule is Cc1ccccc1-n1cccc1/C=N/NC(=O)Cc1ccc(F)cc1. The Kier molecular flexibility index (Phi) is 5.04. The molecule has 0 bridgehead atoms. The van der Waals surface area contributed by atoms with Crippen LogP contribution in [0.4, 0.5) is 4.39 Å². The van der Waals surface area contributed by atoms with Gasteiger partial charge in [0.2, 0.25) is 5.91 Å². The van der Waals surface area contributed by atoms with Gasteiger partial charge in [-0.2, -0.15) is 5.10 Å². The van der Waals surface area contributed by atoms with Crippen molar-refractivity contribution in [1.29, 1.82) is 0 Å². The molecule has 0 radical (unpaired) electrons. The van der Waals surface area contributed by atoms with Crippen LogP contribution in [0.5, 0.6) is 0 Å². The molecule has 0 saturated carbocycles. The Hall–Kier alpha value is -3.21. The molecule has 2 aromatic carbocycles. The van der Waals surface area contributed by atoms with Gasteiger partial charge in [-0.3, -0.25) is 4.79 Å². The second-order valence-corrected chi connectivity index (χ2v) is 5.69. The van der Waals surface area contributed by atoms with E-state index in [-0.39, 0.29) is 18.1 Å². The summed E-state index contributed by atoms with van der Waals surface area (Å²) >= 11 is 0. The number of halogens is 1. The summed E-state index contributed by atoms with van der Waals surface area (Å²) in [5, 5.41) is 4.02. The molecule has 0 atom stereocenters. The van der Waals surface area contributed by atoms with Crippen LogP contribution in [0.1, 0.15) is 16.8 Å². The summed E-state index contributed by atoms with van der Waals surface area (Å²) in [5.74, 6) is -0.573. The number of para-hydroxylation sites is 1. The van der Waals surface area contributed by atoms with Crippen LogP contribution in [0, 0.1) is 12.7 Å². The molecule has 0 saturated heterocycles. The van der Waals surface area contributed by atoms with Crippen LogP contribution in [0.3, 0.4) is 0 Å². The lowest BCUT2D eigenvalue weighted by atomic mass is 10.1. The summed E-state index contributed by atoms with van der Waals surface area (Å²) in [6.45, 7) is 2.04. The fraction of sp³-hybridized carbons (Fsp3) is 0.100. The van der Waals surface area contributed by atoms with E-state index in [2.05, 4.69) is 10.5 Å². The number of hydrazone groups is 1. The smallest absolute Gasteiger partial charge is 0.244 e. The zero-order valence-electron chi connectivity index (χ0n) is 13.8. The van der Waals surface area contributed by atoms with E-state index in [9.17, 15) is 9.18 Å². The Morgan fingerprint density at radius 2 is 1.88 bits per heavy atom. The van der Waals surface area contributed by atoms with Gasteiger partial charge in [0.25, 0.3) is 0 Å². The number of benzene rings is 2. The van der Waals surface area contributed by atoms with Crippen molar-refractivity contribution in [1.82, 2.24) is 9.99 Å². The maximum Gasteiger partial charge on any atom is 0.244 e. The first-order chi connectivity index (χ1) is 12.1. The Bertz CT molecular complexity index is 897. The molecule has 1 N–H and O–H groups in total. The summed E-state index contributed by atoms with van der Waals surface area (Å²) in [6, 6.07) is 17.7. The van der Waals surface area contributed by atoms with Crippen molar-refractivity contribution < 1.29 is 9.18 Å². The van der Waals surface area contributed by atoms with Gasteiger partial charge in [-0.05, 0) is 48.4 Å². The minimum atomic E-state index is -0.320. The van der Waals surface area contributed by atoms with Crippen molar-refractivity contribution in [3.8, 4) is 5.69 Å². The van der Waals surface area contributed by atoms with Gasteiger partial charge >= 0.3 is 0 Å². The zero-order chi connectivity index (χ0) is 17.6. The van der Waals surface area contributed by atoms with Crippen molar-refractivity contribution in [2.24, 2.45) is 5.10 Å². The summed E-state index contributed by atoms with van der Waals surface area (Å²) in [4.78, 5) is 11.9. The summed E-state index contributed by atoms with van der Waals surface area (Å²) < 4.78 is 14.9. The van der Waals surface area contributed by atoms with Crippen molar-refractivity contribution in [3.63, 3.8) is 0 Å². The molecular weight excluding hydrogens is 317 g/mol. The molecule has 1 aromatic heterocycles. The van der Waals surface area contributed by atoms with E-state index in [0.717, 1.165) is 22.5 Å². The van der Waals surface area contributed by atoms with Crippen LogP contribution in [-0.2, 0) is 11.2 Å². The largest absolute Gasteiger partial charge is 0.315 e. The van der Waals surface area contributed by atoms with Crippen LogP contribution >= 0.6 is 0 Å². The number of hydrogen-bond donors (Lipinski definition) is 1. The number of hydrogen-bond acceptors (Lipinski definition) is 2. The number of carbonyl (C=O) groups is 1. The molecule has 25 heavy (non-hydrogen) atoms. The van der Waals surface area contributed by atoms with E-state index in [4.69, 9.17) is 0 Å². The van der Waals surface area contributed by atoms with Crippen molar-refractivity contribution >= 4 is 12.1 Å². The van der Waals surface area contributed by atoms with E-state index < -0.39 is 0 Å². The average molecular weight is 335 g/mol. The second-order valence-electron chi connectivity index (χ2n) is 5.69. The molecule has 3 rings (SSSR count). The van der Waals surface area contributed by atoms with Gasteiger partial charge in [-0.25, -0.2) is 9.82 Å². The molecular formula is C20H18FN3O. The number of aromatic nitrogens is 1. The van der Waals surface area contributed by atoms with Crippen LogP contribution < -0.4 is 5.43 Å². The van der Waals surface area contributed by atoms with E-state index in [0.29, 0.717) is 0 Å². The molecule has 1 heterocycles. The van der Waals surface area contributed by atoms with Crippen LogP contribution in [0.25, 0.3) is 5.69 Å². The molecule has 0 aliphatic heterocycles. The highest BCUT2D eigenvalue weighted by atomic mass is 19.1. The molecule has 3 aromatic rings. The van der Waals surface area contributed by atoms with Gasteiger partial charge in [0.15, 0.2) is 0 Å². The van der Waals surface area contributed by atoms with Crippen molar-refractivity contribution in [2.75, 3.05) is 0 Å². The van der Waals surface area contributed by atoms with E-state index >= 15 is 0 Å². The fourth-order valence-corrected chi connectivity index (χ4v) is 2.55. The fourth-order valence-electron chi connectivity index (χ4n) is 2.55. The summed E-state index contributed by atoms with van der Waals surface area (Å²) in [5.41, 5.74) is 6.30. The summed E-state index contributed by atoms with van der Waals surface area (Å²) in [7, 11) is 0. The third kappa shape index (κ3) is 4.20. The number of carbonyl (C=O) groups excluding carboxylic acids is 1. The van der Waals surface area contributed by atoms with Crippen molar-refractivity contribution in [2.45, 2.75) is 13.3 Å². The number of nitrogens with one attached hydrogen (secondary N) is 1. The Morgan fingerprint density at radius 3 is 2.64 bits per heavy atom. The quantitative estimate of drug-likeness (QED) is 0.562. The lowest BCUT2D eigenvalue weighted by molar-refractivity contribution is -0.120. The average Bonchev–Trinajstić information content (AvgIpc) is 3.06. The number of nitrogens with zero attached hydrogens (tertiary/aromatic N) is 2. The Labute approximate surface area is 145 Å². The minimum Gasteiger partial charge on any atom is -0.315 e. The summed E-state index contributed by atoms with van der Waals surface area (Å²) in [6.07, 6.45) is 3.70. The number of rotatable bonds is 5. The molecule has 0 aliphatic carbocycles. The van der Waals surface area contributed by atoms with E-state index in [1.807, 2.05) is 54.1 Å². The molecule has 4 nitrogen and oxygen atoms in total. The van der Waals surface area contributed by atoms with Gasteiger partial charge in [0.05, 0.1) is 18.3 Å². The van der Waals surface area contributed by atoms with Crippen molar-refractivity contribution in [3.05, 3.63) is 89.5 Å². The third-order valence-corrected chi connectivity index (χ3v) is 3.82. The molecule has 0 fully saturated rings. The first-order valence-corrected chi connectivity index (χ1v) is 7.93. The van der Waals surface area contributed by atoms with E-state index in [1.165, 1.54) is 12.1 Å². The van der Waals surface area contributed by atoms with Gasteiger partial charge in [-0.15, -0.1) is 0 Å².